The van der Waals surface area contributed by atoms with E-state index in [0.717, 1.165) is 6.42 Å². The van der Waals surface area contributed by atoms with Gasteiger partial charge in [-0.15, -0.1) is 0 Å². The van der Waals surface area contributed by atoms with Crippen LogP contribution in [0.3, 0.4) is 0 Å². The van der Waals surface area contributed by atoms with Crippen LogP contribution in [0.25, 0.3) is 0 Å². The van der Waals surface area contributed by atoms with Gasteiger partial charge in [0.25, 0.3) is 0 Å². The number of carbonyl (C=O) groups excluding carboxylic acids is 1. The summed E-state index contributed by atoms with van der Waals surface area (Å²) >= 11 is 0. The Hall–Kier alpha value is -1.26. The third-order valence-electron chi connectivity index (χ3n) is 1.79. The van der Waals surface area contributed by atoms with Crippen molar-refractivity contribution < 1.29 is 14.7 Å². The Kier molecular flexibility index (Phi) is 5.67. The van der Waals surface area contributed by atoms with Crippen LogP contribution in [0.5, 0.6) is 0 Å². The third kappa shape index (κ3) is 8.65. The minimum absolute atomic E-state index is 0.178. The average Bonchev–Trinajstić information content (AvgIpc) is 2.00. The number of carboxylic acid groups (broad SMARTS) is 1. The van der Waals surface area contributed by atoms with Crippen molar-refractivity contribution in [2.45, 2.75) is 26.2 Å². The zero-order chi connectivity index (χ0) is 10.3. The number of hydrogen-bond acceptors (Lipinski definition) is 2. The molecule has 0 saturated carbocycles. The molecule has 0 aliphatic heterocycles. The van der Waals surface area contributed by atoms with E-state index in [1.807, 2.05) is 6.92 Å². The van der Waals surface area contributed by atoms with Crippen molar-refractivity contribution in [1.29, 1.82) is 0 Å². The number of aliphatic carboxylic acids is 1. The molecule has 0 bridgehead atoms. The summed E-state index contributed by atoms with van der Waals surface area (Å²) in [6.45, 7) is 2.46. The Morgan fingerprint density at radius 2 is 2.08 bits per heavy atom. The fourth-order valence-corrected chi connectivity index (χ4v) is 0.956. The zero-order valence-corrected chi connectivity index (χ0v) is 7.75. The standard InChI is InChI=1S/C8H16N2O3/c1-6(2-3-7(11)12)4-5-10-8(9)13/h6H,2-5H2,1H3,(H,11,12)(H3,9,10,13). The first-order valence-electron chi connectivity index (χ1n) is 4.27. The predicted octanol–water partition coefficient (Wildman–Crippen LogP) is 0.546. The molecule has 13 heavy (non-hydrogen) atoms. The number of nitrogens with two attached hydrogens (primary N) is 1. The summed E-state index contributed by atoms with van der Waals surface area (Å²) in [5.74, 6) is -0.488. The number of rotatable bonds is 6. The van der Waals surface area contributed by atoms with Gasteiger partial charge in [-0.3, -0.25) is 4.79 Å². The summed E-state index contributed by atoms with van der Waals surface area (Å²) in [4.78, 5) is 20.5. The van der Waals surface area contributed by atoms with Crippen LogP contribution in [0.15, 0.2) is 0 Å². The van der Waals surface area contributed by atoms with Crippen LogP contribution >= 0.6 is 0 Å². The van der Waals surface area contributed by atoms with Gasteiger partial charge in [0, 0.05) is 13.0 Å². The van der Waals surface area contributed by atoms with Crippen LogP contribution in [0.1, 0.15) is 26.2 Å². The number of primary amides is 1. The summed E-state index contributed by atoms with van der Waals surface area (Å²) in [6.07, 6.45) is 1.57. The molecule has 0 radical (unpaired) electrons. The lowest BCUT2D eigenvalue weighted by molar-refractivity contribution is -0.137. The number of carboxylic acids is 1. The van der Waals surface area contributed by atoms with Crippen molar-refractivity contribution in [3.63, 3.8) is 0 Å². The summed E-state index contributed by atoms with van der Waals surface area (Å²) < 4.78 is 0. The van der Waals surface area contributed by atoms with Gasteiger partial charge >= 0.3 is 12.0 Å². The highest BCUT2D eigenvalue weighted by atomic mass is 16.4. The molecular formula is C8H16N2O3. The molecule has 0 heterocycles. The lowest BCUT2D eigenvalue weighted by Gasteiger charge is -2.09. The van der Waals surface area contributed by atoms with Gasteiger partial charge in [-0.05, 0) is 18.8 Å². The Morgan fingerprint density at radius 1 is 1.46 bits per heavy atom. The van der Waals surface area contributed by atoms with Gasteiger partial charge in [-0.1, -0.05) is 6.92 Å². The molecule has 4 N–H and O–H groups in total. The van der Waals surface area contributed by atoms with Gasteiger partial charge in [-0.25, -0.2) is 4.79 Å². The van der Waals surface area contributed by atoms with Crippen molar-refractivity contribution >= 4 is 12.0 Å². The molecular weight excluding hydrogens is 172 g/mol. The molecule has 0 rings (SSSR count). The molecule has 0 aliphatic rings. The molecule has 0 aliphatic carbocycles. The largest absolute Gasteiger partial charge is 0.481 e. The molecule has 0 aromatic rings. The zero-order valence-electron chi connectivity index (χ0n) is 7.75. The Balaban J connectivity index is 3.35. The Bertz CT molecular complexity index is 182. The van der Waals surface area contributed by atoms with E-state index in [4.69, 9.17) is 10.8 Å². The van der Waals surface area contributed by atoms with E-state index in [2.05, 4.69) is 5.32 Å². The average molecular weight is 188 g/mol. The second kappa shape index (κ2) is 6.28. The number of nitrogens with one attached hydrogen (secondary N) is 1. The second-order valence-electron chi connectivity index (χ2n) is 3.12. The van der Waals surface area contributed by atoms with Gasteiger partial charge in [-0.2, -0.15) is 0 Å². The smallest absolute Gasteiger partial charge is 0.312 e. The molecule has 5 heteroatoms. The quantitative estimate of drug-likeness (QED) is 0.568. The topological polar surface area (TPSA) is 92.4 Å². The van der Waals surface area contributed by atoms with E-state index >= 15 is 0 Å². The van der Waals surface area contributed by atoms with E-state index in [-0.39, 0.29) is 6.42 Å². The summed E-state index contributed by atoms with van der Waals surface area (Å²) in [6, 6.07) is -0.537. The van der Waals surface area contributed by atoms with Gasteiger partial charge in [0.15, 0.2) is 0 Å². The second-order valence-corrected chi connectivity index (χ2v) is 3.12. The van der Waals surface area contributed by atoms with Crippen molar-refractivity contribution in [1.82, 2.24) is 5.32 Å². The molecule has 1 atom stereocenters. The monoisotopic (exact) mass is 188 g/mol. The van der Waals surface area contributed by atoms with E-state index in [1.165, 1.54) is 0 Å². The van der Waals surface area contributed by atoms with E-state index < -0.39 is 12.0 Å². The van der Waals surface area contributed by atoms with Crippen molar-refractivity contribution in [3.05, 3.63) is 0 Å². The Labute approximate surface area is 77.3 Å². The minimum Gasteiger partial charge on any atom is -0.481 e. The first-order valence-corrected chi connectivity index (χ1v) is 4.27. The van der Waals surface area contributed by atoms with Crippen LogP contribution in [0.4, 0.5) is 4.79 Å². The normalized spacial score (nSPS) is 12.1. The van der Waals surface area contributed by atoms with Crippen molar-refractivity contribution in [2.75, 3.05) is 6.54 Å². The highest BCUT2D eigenvalue weighted by molar-refractivity contribution is 5.71. The summed E-state index contributed by atoms with van der Waals surface area (Å²) in [5.41, 5.74) is 4.86. The SMILES string of the molecule is CC(CCNC(N)=O)CCC(=O)O. The fourth-order valence-electron chi connectivity index (χ4n) is 0.956. The maximum Gasteiger partial charge on any atom is 0.312 e. The minimum atomic E-state index is -0.783. The van der Waals surface area contributed by atoms with Gasteiger partial charge < -0.3 is 16.2 Å². The maximum absolute atomic E-state index is 10.3. The molecule has 0 saturated heterocycles. The highest BCUT2D eigenvalue weighted by Gasteiger charge is 2.05. The predicted molar refractivity (Wildman–Crippen MR) is 48.2 cm³/mol. The number of carbonyl (C=O) groups is 2. The van der Waals surface area contributed by atoms with Crippen LogP contribution in [-0.4, -0.2) is 23.7 Å². The van der Waals surface area contributed by atoms with Crippen LogP contribution < -0.4 is 11.1 Å². The summed E-state index contributed by atoms with van der Waals surface area (Å²) in [5, 5.41) is 10.8. The number of amides is 2. The first-order chi connectivity index (χ1) is 6.02. The van der Waals surface area contributed by atoms with Gasteiger partial charge in [0.05, 0.1) is 0 Å². The molecule has 5 nitrogen and oxygen atoms in total. The van der Waals surface area contributed by atoms with Crippen LogP contribution in [-0.2, 0) is 4.79 Å². The maximum atomic E-state index is 10.3. The molecule has 0 spiro atoms. The molecule has 76 valence electrons. The Morgan fingerprint density at radius 3 is 2.54 bits per heavy atom. The van der Waals surface area contributed by atoms with E-state index in [9.17, 15) is 9.59 Å². The number of hydrogen-bond donors (Lipinski definition) is 3. The molecule has 2 amide bonds. The molecule has 0 aromatic carbocycles. The molecule has 1 unspecified atom stereocenters. The molecule has 0 fully saturated rings. The van der Waals surface area contributed by atoms with Crippen LogP contribution in [0.2, 0.25) is 0 Å². The van der Waals surface area contributed by atoms with Crippen molar-refractivity contribution in [3.8, 4) is 0 Å². The fraction of sp³-hybridized carbons (Fsp3) is 0.750. The lowest BCUT2D eigenvalue weighted by Crippen LogP contribution is -2.30. The molecule has 0 aromatic heterocycles. The first kappa shape index (κ1) is 11.7. The highest BCUT2D eigenvalue weighted by Crippen LogP contribution is 2.08. The van der Waals surface area contributed by atoms with Crippen LogP contribution in [0, 0.1) is 5.92 Å². The van der Waals surface area contributed by atoms with Gasteiger partial charge in [0.1, 0.15) is 0 Å². The van der Waals surface area contributed by atoms with Gasteiger partial charge in [0.2, 0.25) is 0 Å². The van der Waals surface area contributed by atoms with Crippen molar-refractivity contribution in [2.24, 2.45) is 11.7 Å². The summed E-state index contributed by atoms with van der Waals surface area (Å²) in [7, 11) is 0. The van der Waals surface area contributed by atoms with E-state index in [1.54, 1.807) is 0 Å². The lowest BCUT2D eigenvalue weighted by atomic mass is 10.0. The van der Waals surface area contributed by atoms with E-state index in [0.29, 0.717) is 18.9 Å². The number of urea groups is 1. The third-order valence-corrected chi connectivity index (χ3v) is 1.79.